The Kier molecular flexibility index (Phi) is 7.54. The molecule has 0 spiro atoms. The van der Waals surface area contributed by atoms with Crippen LogP contribution in [0, 0.1) is 0 Å². The molecule has 0 unspecified atom stereocenters. The van der Waals surface area contributed by atoms with E-state index in [1.54, 1.807) is 0 Å². The number of carbonyl (C=O) groups is 1. The third-order valence-electron chi connectivity index (χ3n) is 5.56. The molecule has 8 heteroatoms. The Morgan fingerprint density at radius 1 is 1.03 bits per heavy atom. The van der Waals surface area contributed by atoms with Gasteiger partial charge in [0.15, 0.2) is 5.82 Å². The molecule has 2 atom stereocenters. The second-order valence-corrected chi connectivity index (χ2v) is 9.09. The van der Waals surface area contributed by atoms with Crippen LogP contribution in [0.25, 0.3) is 11.4 Å². The molecule has 0 radical (unpaired) electrons. The number of amides is 1. The predicted octanol–water partition coefficient (Wildman–Crippen LogP) is 4.75. The molecule has 1 N–H and O–H groups in total. The molecule has 0 aliphatic carbocycles. The number of rotatable bonds is 9. The van der Waals surface area contributed by atoms with Crippen LogP contribution in [0.15, 0.2) is 59.8 Å². The zero-order valence-corrected chi connectivity index (χ0v) is 20.2. The maximum atomic E-state index is 13.7. The van der Waals surface area contributed by atoms with Crippen molar-refractivity contribution in [2.45, 2.75) is 50.1 Å². The molecule has 0 fully saturated rings. The third-order valence-corrected chi connectivity index (χ3v) is 6.76. The molecule has 7 nitrogen and oxygen atoms in total. The Morgan fingerprint density at radius 2 is 1.73 bits per heavy atom. The highest BCUT2D eigenvalue weighted by molar-refractivity contribution is 8.00. The van der Waals surface area contributed by atoms with E-state index in [1.165, 1.54) is 11.8 Å². The number of thioether (sulfide) groups is 1. The Bertz CT molecular complexity index is 1050. The van der Waals surface area contributed by atoms with E-state index >= 15 is 0 Å². The van der Waals surface area contributed by atoms with Gasteiger partial charge in [-0.15, -0.1) is 10.2 Å². The highest BCUT2D eigenvalue weighted by Gasteiger charge is 2.39. The van der Waals surface area contributed by atoms with E-state index in [1.807, 2.05) is 71.1 Å². The predicted molar refractivity (Wildman–Crippen MR) is 132 cm³/mol. The van der Waals surface area contributed by atoms with Gasteiger partial charge in [-0.05, 0) is 37.5 Å². The molecule has 0 bridgehead atoms. The summed E-state index contributed by atoms with van der Waals surface area (Å²) in [6.07, 6.45) is 1.86. The third kappa shape index (κ3) is 5.00. The first-order chi connectivity index (χ1) is 16.2. The zero-order valence-electron chi connectivity index (χ0n) is 19.4. The molecular weight excluding hydrogens is 434 g/mol. The summed E-state index contributed by atoms with van der Waals surface area (Å²) in [6.45, 7) is 8.30. The van der Waals surface area contributed by atoms with Gasteiger partial charge in [-0.25, -0.2) is 4.68 Å². The molecule has 2 aromatic carbocycles. The van der Waals surface area contributed by atoms with E-state index in [0.29, 0.717) is 11.8 Å². The van der Waals surface area contributed by atoms with Gasteiger partial charge in [0.1, 0.15) is 11.0 Å². The second-order valence-electron chi connectivity index (χ2n) is 7.98. The minimum atomic E-state index is -0.346. The first kappa shape index (κ1) is 23.2. The lowest BCUT2D eigenvalue weighted by molar-refractivity contribution is -0.131. The van der Waals surface area contributed by atoms with Crippen LogP contribution in [0.4, 0.5) is 0 Å². The van der Waals surface area contributed by atoms with Crippen molar-refractivity contribution in [2.75, 3.05) is 25.1 Å². The number of hydrogen-bond donors (Lipinski definition) is 1. The number of nitrogens with one attached hydrogen (secondary N) is 1. The van der Waals surface area contributed by atoms with Crippen molar-refractivity contribution in [3.05, 3.63) is 60.2 Å². The summed E-state index contributed by atoms with van der Waals surface area (Å²) in [4.78, 5) is 15.7. The summed E-state index contributed by atoms with van der Waals surface area (Å²) < 4.78 is 7.53. The van der Waals surface area contributed by atoms with Gasteiger partial charge < -0.3 is 15.1 Å². The molecule has 4 rings (SSSR count). The van der Waals surface area contributed by atoms with Gasteiger partial charge in [0, 0.05) is 18.7 Å². The van der Waals surface area contributed by atoms with Gasteiger partial charge >= 0.3 is 0 Å². The Hall–Kier alpha value is -3.00. The van der Waals surface area contributed by atoms with Crippen LogP contribution >= 0.6 is 11.8 Å². The Labute approximate surface area is 199 Å². The van der Waals surface area contributed by atoms with Gasteiger partial charge in [0.2, 0.25) is 11.1 Å². The van der Waals surface area contributed by atoms with Crippen molar-refractivity contribution in [2.24, 2.45) is 0 Å². The van der Waals surface area contributed by atoms with Crippen molar-refractivity contribution in [1.82, 2.24) is 19.8 Å². The number of benzene rings is 2. The van der Waals surface area contributed by atoms with Crippen LogP contribution in [-0.2, 0) is 4.79 Å². The van der Waals surface area contributed by atoms with Crippen LogP contribution in [0.3, 0.4) is 0 Å². The van der Waals surface area contributed by atoms with E-state index in [2.05, 4.69) is 29.5 Å². The standard InChI is InChI=1S/C25H31N5O2S/c1-4-16-29(17-5-2)24(31)22-21(18-12-14-20(15-13-18)32-6-3)28-30-23(26-27-25(30)33-22)19-10-8-7-9-11-19/h7-15,21-22,28H,4-6,16-17H2,1-3H3/t21-,22-/m1/s1. The van der Waals surface area contributed by atoms with Gasteiger partial charge in [-0.1, -0.05) is 68.1 Å². The van der Waals surface area contributed by atoms with E-state index in [9.17, 15) is 4.79 Å². The van der Waals surface area contributed by atoms with E-state index in [4.69, 9.17) is 4.74 Å². The second kappa shape index (κ2) is 10.7. The van der Waals surface area contributed by atoms with E-state index in [-0.39, 0.29) is 17.2 Å². The zero-order chi connectivity index (χ0) is 23.2. The number of nitrogens with zero attached hydrogens (tertiary/aromatic N) is 4. The summed E-state index contributed by atoms with van der Waals surface area (Å²) >= 11 is 1.48. The number of hydrogen-bond acceptors (Lipinski definition) is 6. The first-order valence-electron chi connectivity index (χ1n) is 11.6. The molecule has 33 heavy (non-hydrogen) atoms. The molecule has 3 aromatic rings. The maximum absolute atomic E-state index is 13.7. The van der Waals surface area contributed by atoms with Crippen molar-refractivity contribution in [1.29, 1.82) is 0 Å². The molecular formula is C25H31N5O2S. The average Bonchev–Trinajstić information content (AvgIpc) is 3.27. The lowest BCUT2D eigenvalue weighted by Crippen LogP contribution is -2.46. The van der Waals surface area contributed by atoms with Crippen LogP contribution in [0.5, 0.6) is 5.75 Å². The highest BCUT2D eigenvalue weighted by Crippen LogP contribution is 2.39. The molecule has 1 aliphatic heterocycles. The fraction of sp³-hybridized carbons (Fsp3) is 0.400. The van der Waals surface area contributed by atoms with Crippen molar-refractivity contribution < 1.29 is 9.53 Å². The van der Waals surface area contributed by atoms with Crippen molar-refractivity contribution in [3.63, 3.8) is 0 Å². The fourth-order valence-electron chi connectivity index (χ4n) is 4.06. The maximum Gasteiger partial charge on any atom is 0.238 e. The van der Waals surface area contributed by atoms with Gasteiger partial charge in [-0.2, -0.15) is 0 Å². The molecule has 0 saturated heterocycles. The monoisotopic (exact) mass is 465 g/mol. The number of ether oxygens (including phenoxy) is 1. The topological polar surface area (TPSA) is 72.3 Å². The summed E-state index contributed by atoms with van der Waals surface area (Å²) in [7, 11) is 0. The summed E-state index contributed by atoms with van der Waals surface area (Å²) in [5.74, 6) is 1.69. The number of fused-ring (bicyclic) bond motifs is 1. The molecule has 2 heterocycles. The van der Waals surface area contributed by atoms with E-state index in [0.717, 1.165) is 48.6 Å². The molecule has 0 saturated carbocycles. The molecule has 174 valence electrons. The largest absolute Gasteiger partial charge is 0.494 e. The summed E-state index contributed by atoms with van der Waals surface area (Å²) in [5, 5.41) is 9.19. The minimum absolute atomic E-state index is 0.130. The molecule has 1 amide bonds. The SMILES string of the molecule is CCCN(CCC)C(=O)[C@@H]1Sc2nnc(-c3ccccc3)n2N[C@@H]1c1ccc(OCC)cc1. The smallest absolute Gasteiger partial charge is 0.238 e. The summed E-state index contributed by atoms with van der Waals surface area (Å²) in [6, 6.07) is 17.7. The van der Waals surface area contributed by atoms with Crippen LogP contribution in [0.1, 0.15) is 45.2 Å². The highest BCUT2D eigenvalue weighted by atomic mass is 32.2. The van der Waals surface area contributed by atoms with Gasteiger partial charge in [0.05, 0.1) is 12.6 Å². The molecule has 1 aromatic heterocycles. The average molecular weight is 466 g/mol. The number of carbonyl (C=O) groups excluding carboxylic acids is 1. The minimum Gasteiger partial charge on any atom is -0.494 e. The normalized spacial score (nSPS) is 17.2. The van der Waals surface area contributed by atoms with E-state index < -0.39 is 0 Å². The fourth-order valence-corrected chi connectivity index (χ4v) is 5.22. The van der Waals surface area contributed by atoms with Crippen molar-refractivity contribution >= 4 is 17.7 Å². The Morgan fingerprint density at radius 3 is 2.36 bits per heavy atom. The lowest BCUT2D eigenvalue weighted by Gasteiger charge is -2.36. The van der Waals surface area contributed by atoms with Crippen LogP contribution < -0.4 is 10.2 Å². The van der Waals surface area contributed by atoms with Gasteiger partial charge in [-0.3, -0.25) is 4.79 Å². The number of aromatic nitrogens is 3. The summed E-state index contributed by atoms with van der Waals surface area (Å²) in [5.41, 5.74) is 5.56. The van der Waals surface area contributed by atoms with Crippen molar-refractivity contribution in [3.8, 4) is 17.1 Å². The quantitative estimate of drug-likeness (QED) is 0.492. The van der Waals surface area contributed by atoms with Crippen LogP contribution in [0.2, 0.25) is 0 Å². The molecule has 1 aliphatic rings. The lowest BCUT2D eigenvalue weighted by atomic mass is 10.0. The van der Waals surface area contributed by atoms with Gasteiger partial charge in [0.25, 0.3) is 0 Å². The van der Waals surface area contributed by atoms with Crippen LogP contribution in [-0.4, -0.2) is 50.6 Å². The first-order valence-corrected chi connectivity index (χ1v) is 12.5. The Balaban J connectivity index is 1.71.